The van der Waals surface area contributed by atoms with Crippen molar-refractivity contribution in [1.82, 2.24) is 10.4 Å². The van der Waals surface area contributed by atoms with Gasteiger partial charge >= 0.3 is 0 Å². The smallest absolute Gasteiger partial charge is 0.125 e. The van der Waals surface area contributed by atoms with Gasteiger partial charge < -0.3 is 4.74 Å². The van der Waals surface area contributed by atoms with Gasteiger partial charge in [-0.1, -0.05) is 15.9 Å². The zero-order valence-electron chi connectivity index (χ0n) is 11.7. The number of halogens is 1. The van der Waals surface area contributed by atoms with Crippen LogP contribution in [0.2, 0.25) is 0 Å². The molecule has 2 aromatic rings. The van der Waals surface area contributed by atoms with Crippen LogP contribution in [0.3, 0.4) is 0 Å². The van der Waals surface area contributed by atoms with E-state index in [4.69, 9.17) is 10.6 Å². The molecule has 1 unspecified atom stereocenters. The molecule has 110 valence electrons. The first kappa shape index (κ1) is 14.5. The quantitative estimate of drug-likeness (QED) is 0.644. The van der Waals surface area contributed by atoms with Crippen molar-refractivity contribution in [2.24, 2.45) is 5.84 Å². The number of nitrogens with one attached hydrogen (secondary N) is 1. The molecule has 0 amide bonds. The van der Waals surface area contributed by atoms with Gasteiger partial charge in [-0.05, 0) is 53.8 Å². The number of rotatable bonds is 5. The second kappa shape index (κ2) is 6.56. The van der Waals surface area contributed by atoms with Gasteiger partial charge in [-0.15, -0.1) is 0 Å². The van der Waals surface area contributed by atoms with Crippen LogP contribution in [0.5, 0.6) is 5.75 Å². The molecule has 0 fully saturated rings. The highest BCUT2D eigenvalue weighted by Gasteiger charge is 2.20. The van der Waals surface area contributed by atoms with Crippen LogP contribution < -0.4 is 16.0 Å². The third kappa shape index (κ3) is 3.43. The predicted molar refractivity (Wildman–Crippen MR) is 86.1 cm³/mol. The van der Waals surface area contributed by atoms with Gasteiger partial charge in [0.2, 0.25) is 0 Å². The van der Waals surface area contributed by atoms with Crippen molar-refractivity contribution >= 4 is 15.9 Å². The third-order valence-corrected chi connectivity index (χ3v) is 4.22. The number of aromatic nitrogens is 1. The Kier molecular flexibility index (Phi) is 4.53. The summed E-state index contributed by atoms with van der Waals surface area (Å²) in [4.78, 5) is 4.04. The number of nitrogens with zero attached hydrogens (tertiary/aromatic N) is 1. The van der Waals surface area contributed by atoms with Crippen LogP contribution in [0.4, 0.5) is 0 Å². The molecular weight excluding hydrogens is 330 g/mol. The van der Waals surface area contributed by atoms with Crippen molar-refractivity contribution in [3.63, 3.8) is 0 Å². The van der Waals surface area contributed by atoms with Crippen molar-refractivity contribution < 1.29 is 4.74 Å². The van der Waals surface area contributed by atoms with Crippen molar-refractivity contribution in [2.75, 3.05) is 6.61 Å². The molecule has 1 aliphatic rings. The molecule has 1 aliphatic heterocycles. The summed E-state index contributed by atoms with van der Waals surface area (Å²) in [6, 6.07) is 8.47. The van der Waals surface area contributed by atoms with Crippen molar-refractivity contribution in [1.29, 1.82) is 0 Å². The maximum absolute atomic E-state index is 5.78. The number of hydrogen-bond donors (Lipinski definition) is 2. The lowest BCUT2D eigenvalue weighted by atomic mass is 9.98. The molecule has 5 heteroatoms. The Morgan fingerprint density at radius 1 is 1.29 bits per heavy atom. The van der Waals surface area contributed by atoms with Gasteiger partial charge in [0, 0.05) is 29.3 Å². The number of fused-ring (bicyclic) bond motifs is 1. The van der Waals surface area contributed by atoms with Gasteiger partial charge in [0.15, 0.2) is 0 Å². The zero-order valence-corrected chi connectivity index (χ0v) is 13.3. The van der Waals surface area contributed by atoms with Crippen LogP contribution in [-0.2, 0) is 19.3 Å². The number of hydrazine groups is 1. The second-order valence-electron chi connectivity index (χ2n) is 5.28. The Balaban J connectivity index is 1.78. The fourth-order valence-electron chi connectivity index (χ4n) is 2.76. The lowest BCUT2D eigenvalue weighted by molar-refractivity contribution is 0.351. The van der Waals surface area contributed by atoms with Crippen LogP contribution >= 0.6 is 15.9 Å². The van der Waals surface area contributed by atoms with Crippen LogP contribution in [0.25, 0.3) is 0 Å². The van der Waals surface area contributed by atoms with Crippen LogP contribution in [0, 0.1) is 0 Å². The van der Waals surface area contributed by atoms with E-state index in [2.05, 4.69) is 38.5 Å². The second-order valence-corrected chi connectivity index (χ2v) is 6.19. The normalized spacial score (nSPS) is 14.6. The standard InChI is InChI=1S/C16H18BrN3O/c17-14-8-12-3-6-21-16(12)13(9-14)10-15(20-18)7-11-1-4-19-5-2-11/h1-2,4-5,8-9,15,20H,3,6-7,10,18H2. The maximum atomic E-state index is 5.78. The first-order valence-electron chi connectivity index (χ1n) is 7.05. The summed E-state index contributed by atoms with van der Waals surface area (Å²) < 4.78 is 6.88. The number of pyridine rings is 1. The van der Waals surface area contributed by atoms with Crippen LogP contribution in [0.1, 0.15) is 16.7 Å². The molecule has 2 heterocycles. The molecule has 3 N–H and O–H groups in total. The van der Waals surface area contributed by atoms with Crippen LogP contribution in [0.15, 0.2) is 41.1 Å². The summed E-state index contributed by atoms with van der Waals surface area (Å²) in [5.41, 5.74) is 6.62. The fraction of sp³-hybridized carbons (Fsp3) is 0.312. The number of benzene rings is 1. The maximum Gasteiger partial charge on any atom is 0.125 e. The molecule has 1 aromatic heterocycles. The number of hydrogen-bond acceptors (Lipinski definition) is 4. The molecule has 1 aromatic carbocycles. The van der Waals surface area contributed by atoms with Crippen LogP contribution in [-0.4, -0.2) is 17.6 Å². The van der Waals surface area contributed by atoms with Gasteiger partial charge in [0.05, 0.1) is 6.61 Å². The highest BCUT2D eigenvalue weighted by molar-refractivity contribution is 9.10. The van der Waals surface area contributed by atoms with Gasteiger partial charge in [-0.3, -0.25) is 16.3 Å². The SMILES string of the molecule is NNC(Cc1ccncc1)Cc1cc(Br)cc2c1OCC2. The Morgan fingerprint density at radius 3 is 2.86 bits per heavy atom. The van der Waals surface area contributed by atoms with E-state index < -0.39 is 0 Å². The molecule has 0 bridgehead atoms. The minimum absolute atomic E-state index is 0.162. The van der Waals surface area contributed by atoms with E-state index in [1.54, 1.807) is 0 Å². The predicted octanol–water partition coefficient (Wildman–Crippen LogP) is 2.40. The topological polar surface area (TPSA) is 60.2 Å². The number of nitrogens with two attached hydrogens (primary N) is 1. The lowest BCUT2D eigenvalue weighted by Crippen LogP contribution is -2.38. The average molecular weight is 348 g/mol. The molecule has 1 atom stereocenters. The van der Waals surface area contributed by atoms with Gasteiger partial charge in [-0.2, -0.15) is 0 Å². The summed E-state index contributed by atoms with van der Waals surface area (Å²) in [5.74, 6) is 6.77. The van der Waals surface area contributed by atoms with Gasteiger partial charge in [0.25, 0.3) is 0 Å². The van der Waals surface area contributed by atoms with E-state index in [-0.39, 0.29) is 6.04 Å². The fourth-order valence-corrected chi connectivity index (χ4v) is 3.31. The van der Waals surface area contributed by atoms with Gasteiger partial charge in [0.1, 0.15) is 5.75 Å². The molecule has 3 rings (SSSR count). The van der Waals surface area contributed by atoms with E-state index in [9.17, 15) is 0 Å². The summed E-state index contributed by atoms with van der Waals surface area (Å²) >= 11 is 3.58. The molecule has 0 saturated carbocycles. The number of ether oxygens (including phenoxy) is 1. The van der Waals surface area contributed by atoms with Crippen molar-refractivity contribution in [3.8, 4) is 5.75 Å². The Bertz CT molecular complexity index is 618. The molecule has 4 nitrogen and oxygen atoms in total. The summed E-state index contributed by atoms with van der Waals surface area (Å²) in [5, 5.41) is 0. The summed E-state index contributed by atoms with van der Waals surface area (Å²) in [6.07, 6.45) is 6.29. The van der Waals surface area contributed by atoms with Crippen molar-refractivity contribution in [2.45, 2.75) is 25.3 Å². The zero-order chi connectivity index (χ0) is 14.7. The van der Waals surface area contributed by atoms with E-state index in [0.29, 0.717) is 0 Å². The highest BCUT2D eigenvalue weighted by Crippen LogP contribution is 2.33. The largest absolute Gasteiger partial charge is 0.493 e. The first-order chi connectivity index (χ1) is 10.3. The lowest BCUT2D eigenvalue weighted by Gasteiger charge is -2.18. The highest BCUT2D eigenvalue weighted by atomic mass is 79.9. The van der Waals surface area contributed by atoms with E-state index in [1.165, 1.54) is 16.7 Å². The summed E-state index contributed by atoms with van der Waals surface area (Å²) in [7, 11) is 0. The molecule has 0 spiro atoms. The Hall–Kier alpha value is -1.43. The van der Waals surface area contributed by atoms with E-state index in [1.807, 2.05) is 24.5 Å². The van der Waals surface area contributed by atoms with Crippen molar-refractivity contribution in [3.05, 3.63) is 57.8 Å². The Morgan fingerprint density at radius 2 is 2.10 bits per heavy atom. The average Bonchev–Trinajstić information content (AvgIpc) is 2.96. The minimum Gasteiger partial charge on any atom is -0.493 e. The summed E-state index contributed by atoms with van der Waals surface area (Å²) in [6.45, 7) is 0.768. The first-order valence-corrected chi connectivity index (χ1v) is 7.84. The molecule has 0 radical (unpaired) electrons. The monoisotopic (exact) mass is 347 g/mol. The van der Waals surface area contributed by atoms with Gasteiger partial charge in [-0.25, -0.2) is 0 Å². The van der Waals surface area contributed by atoms with E-state index >= 15 is 0 Å². The third-order valence-electron chi connectivity index (χ3n) is 3.76. The molecular formula is C16H18BrN3O. The molecule has 0 aliphatic carbocycles. The minimum atomic E-state index is 0.162. The Labute approximate surface area is 132 Å². The van der Waals surface area contributed by atoms with E-state index in [0.717, 1.165) is 36.1 Å². The molecule has 0 saturated heterocycles. The molecule has 21 heavy (non-hydrogen) atoms.